The molecule has 0 aromatic carbocycles. The van der Waals surface area contributed by atoms with Crippen LogP contribution in [0.3, 0.4) is 0 Å². The minimum Gasteiger partial charge on any atom is -0.469 e. The van der Waals surface area contributed by atoms with Crippen molar-refractivity contribution >= 4 is 26.5 Å². The van der Waals surface area contributed by atoms with E-state index in [1.807, 2.05) is 0 Å². The zero-order valence-electron chi connectivity index (χ0n) is 7.96. The van der Waals surface area contributed by atoms with Crippen LogP contribution < -0.4 is 0 Å². The average molecular weight is 262 g/mol. The first-order valence-corrected chi connectivity index (χ1v) is 5.43. The fraction of sp³-hybridized carbons (Fsp3) is 0.778. The number of ether oxygens (including phenoxy) is 1. The Morgan fingerprint density at radius 1 is 1.79 bits per heavy atom. The van der Waals surface area contributed by atoms with Gasteiger partial charge in [0, 0.05) is 12.8 Å². The van der Waals surface area contributed by atoms with Gasteiger partial charge in [0.25, 0.3) is 0 Å². The summed E-state index contributed by atoms with van der Waals surface area (Å²) in [6.45, 7) is 0. The molecule has 2 unspecified atom stereocenters. The largest absolute Gasteiger partial charge is 0.469 e. The van der Waals surface area contributed by atoms with Gasteiger partial charge in [-0.15, -0.1) is 0 Å². The number of hydrogen-bond donors (Lipinski definition) is 0. The lowest BCUT2D eigenvalue weighted by Gasteiger charge is -2.19. The molecule has 0 radical (unpaired) electrons. The van der Waals surface area contributed by atoms with Gasteiger partial charge in [-0.25, -0.2) is 0 Å². The fourth-order valence-corrected chi connectivity index (χ4v) is 2.76. The van der Waals surface area contributed by atoms with Gasteiger partial charge >= 0.3 is 5.97 Å². The molecule has 0 amide bonds. The van der Waals surface area contributed by atoms with Gasteiger partial charge in [-0.1, -0.05) is 5.16 Å². The molecule has 2 rings (SSSR count). The molecule has 0 saturated heterocycles. The molecular weight excluding hydrogens is 250 g/mol. The standard InChI is InChI=1S/C9H12BrNO3/c1-13-8(12)6-2-3-9(4-6)5-7(10)11-14-9/h6H,2-5H2,1H3. The first-order valence-electron chi connectivity index (χ1n) is 4.64. The number of rotatable bonds is 1. The number of methoxy groups -OCH3 is 1. The van der Waals surface area contributed by atoms with Crippen LogP contribution in [0.15, 0.2) is 5.16 Å². The first kappa shape index (κ1) is 9.96. The number of esters is 1. The van der Waals surface area contributed by atoms with Crippen LogP contribution in [-0.4, -0.2) is 23.3 Å². The predicted octanol–water partition coefficient (Wildman–Crippen LogP) is 1.83. The summed E-state index contributed by atoms with van der Waals surface area (Å²) in [5, 5.41) is 3.87. The lowest BCUT2D eigenvalue weighted by Crippen LogP contribution is -2.26. The number of halogens is 1. The van der Waals surface area contributed by atoms with Gasteiger partial charge in [0.2, 0.25) is 0 Å². The number of oxime groups is 1. The third-order valence-electron chi connectivity index (χ3n) is 2.91. The van der Waals surface area contributed by atoms with Gasteiger partial charge in [0.05, 0.1) is 13.0 Å². The number of hydrogen-bond acceptors (Lipinski definition) is 4. The normalized spacial score (nSPS) is 35.6. The van der Waals surface area contributed by atoms with Crippen LogP contribution in [0.5, 0.6) is 0 Å². The van der Waals surface area contributed by atoms with Crippen molar-refractivity contribution < 1.29 is 14.4 Å². The quantitative estimate of drug-likeness (QED) is 0.677. The van der Waals surface area contributed by atoms with Crippen molar-refractivity contribution in [1.82, 2.24) is 0 Å². The Labute approximate surface area is 90.8 Å². The van der Waals surface area contributed by atoms with Crippen molar-refractivity contribution in [2.75, 3.05) is 7.11 Å². The summed E-state index contributed by atoms with van der Waals surface area (Å²) >= 11 is 3.31. The van der Waals surface area contributed by atoms with Gasteiger partial charge in [0.1, 0.15) is 10.2 Å². The second-order valence-electron chi connectivity index (χ2n) is 3.88. The molecule has 1 heterocycles. The van der Waals surface area contributed by atoms with E-state index in [2.05, 4.69) is 21.1 Å². The highest BCUT2D eigenvalue weighted by Crippen LogP contribution is 2.44. The van der Waals surface area contributed by atoms with E-state index in [0.29, 0.717) is 0 Å². The van der Waals surface area contributed by atoms with E-state index in [9.17, 15) is 4.79 Å². The minimum absolute atomic E-state index is 0.0198. The monoisotopic (exact) mass is 261 g/mol. The molecule has 2 aliphatic rings. The van der Waals surface area contributed by atoms with Gasteiger partial charge < -0.3 is 9.57 Å². The van der Waals surface area contributed by atoms with Gasteiger partial charge in [0.15, 0.2) is 0 Å². The van der Waals surface area contributed by atoms with Crippen LogP contribution in [-0.2, 0) is 14.4 Å². The Morgan fingerprint density at radius 3 is 3.14 bits per heavy atom. The van der Waals surface area contributed by atoms with E-state index in [1.54, 1.807) is 0 Å². The summed E-state index contributed by atoms with van der Waals surface area (Å²) in [6.07, 6.45) is 3.21. The van der Waals surface area contributed by atoms with Crippen molar-refractivity contribution in [1.29, 1.82) is 0 Å². The lowest BCUT2D eigenvalue weighted by atomic mass is 9.97. The maximum absolute atomic E-state index is 11.3. The zero-order chi connectivity index (χ0) is 10.2. The van der Waals surface area contributed by atoms with Crippen LogP contribution in [0, 0.1) is 5.92 Å². The predicted molar refractivity (Wildman–Crippen MR) is 54.2 cm³/mol. The SMILES string of the molecule is COC(=O)C1CCC2(CC(Br)=NO2)C1. The van der Waals surface area contributed by atoms with Gasteiger partial charge in [-0.2, -0.15) is 0 Å². The molecule has 0 bridgehead atoms. The molecule has 0 N–H and O–H groups in total. The summed E-state index contributed by atoms with van der Waals surface area (Å²) in [5.41, 5.74) is -0.238. The van der Waals surface area contributed by atoms with E-state index < -0.39 is 0 Å². The molecule has 1 spiro atoms. The maximum Gasteiger partial charge on any atom is 0.308 e. The number of nitrogens with zero attached hydrogens (tertiary/aromatic N) is 1. The molecule has 1 aliphatic carbocycles. The Bertz CT molecular complexity index is 292. The molecule has 1 aliphatic heterocycles. The van der Waals surface area contributed by atoms with Crippen molar-refractivity contribution in [2.24, 2.45) is 11.1 Å². The molecule has 1 saturated carbocycles. The van der Waals surface area contributed by atoms with E-state index in [4.69, 9.17) is 9.57 Å². The molecular formula is C9H12BrNO3. The Morgan fingerprint density at radius 2 is 2.57 bits per heavy atom. The van der Waals surface area contributed by atoms with Crippen LogP contribution in [0.25, 0.3) is 0 Å². The Hall–Kier alpha value is -0.580. The molecule has 0 aromatic heterocycles. The van der Waals surface area contributed by atoms with Gasteiger partial charge in [-0.05, 0) is 28.8 Å². The summed E-state index contributed by atoms with van der Waals surface area (Å²) in [6, 6.07) is 0. The highest BCUT2D eigenvalue weighted by atomic mass is 79.9. The number of carbonyl (C=O) groups excluding carboxylic acids is 1. The summed E-state index contributed by atoms with van der Waals surface area (Å²) in [4.78, 5) is 16.7. The molecule has 0 aromatic rings. The van der Waals surface area contributed by atoms with Crippen LogP contribution >= 0.6 is 15.9 Å². The maximum atomic E-state index is 11.3. The van der Waals surface area contributed by atoms with E-state index in [0.717, 1.165) is 30.3 Å². The highest BCUT2D eigenvalue weighted by Gasteiger charge is 2.47. The van der Waals surface area contributed by atoms with Crippen LogP contribution in [0.1, 0.15) is 25.7 Å². The second-order valence-corrected chi connectivity index (χ2v) is 4.80. The van der Waals surface area contributed by atoms with E-state index in [-0.39, 0.29) is 17.5 Å². The molecule has 1 fully saturated rings. The second kappa shape index (κ2) is 3.53. The summed E-state index contributed by atoms with van der Waals surface area (Å²) in [7, 11) is 1.43. The average Bonchev–Trinajstić information content (AvgIpc) is 2.74. The van der Waals surface area contributed by atoms with E-state index in [1.165, 1.54) is 7.11 Å². The smallest absolute Gasteiger partial charge is 0.308 e. The molecule has 78 valence electrons. The molecule has 5 heteroatoms. The molecule has 4 nitrogen and oxygen atoms in total. The highest BCUT2D eigenvalue weighted by molar-refractivity contribution is 9.18. The molecule has 2 atom stereocenters. The third-order valence-corrected chi connectivity index (χ3v) is 3.33. The van der Waals surface area contributed by atoms with Crippen LogP contribution in [0.2, 0.25) is 0 Å². The number of carbonyl (C=O) groups is 1. The van der Waals surface area contributed by atoms with Crippen molar-refractivity contribution in [2.45, 2.75) is 31.3 Å². The lowest BCUT2D eigenvalue weighted by molar-refractivity contribution is -0.146. The zero-order valence-corrected chi connectivity index (χ0v) is 9.54. The topological polar surface area (TPSA) is 47.9 Å². The molecule has 14 heavy (non-hydrogen) atoms. The summed E-state index contributed by atoms with van der Waals surface area (Å²) in [5.74, 6) is -0.151. The third kappa shape index (κ3) is 1.65. The van der Waals surface area contributed by atoms with Crippen molar-refractivity contribution in [3.8, 4) is 0 Å². The fourth-order valence-electron chi connectivity index (χ4n) is 2.18. The summed E-state index contributed by atoms with van der Waals surface area (Å²) < 4.78 is 5.56. The van der Waals surface area contributed by atoms with Crippen LogP contribution in [0.4, 0.5) is 0 Å². The van der Waals surface area contributed by atoms with Crippen molar-refractivity contribution in [3.05, 3.63) is 0 Å². The Kier molecular flexibility index (Phi) is 2.51. The minimum atomic E-state index is -0.238. The van der Waals surface area contributed by atoms with Gasteiger partial charge in [-0.3, -0.25) is 4.79 Å². The Balaban J connectivity index is 1.98. The first-order chi connectivity index (χ1) is 6.65. The van der Waals surface area contributed by atoms with Crippen molar-refractivity contribution in [3.63, 3.8) is 0 Å². The van der Waals surface area contributed by atoms with E-state index >= 15 is 0 Å².